The van der Waals surface area contributed by atoms with Crippen LogP contribution in [0.5, 0.6) is 0 Å². The van der Waals surface area contributed by atoms with Crippen molar-refractivity contribution in [3.63, 3.8) is 0 Å². The molecule has 0 heterocycles. The number of carbonyl (C=O) groups is 4. The number of hydrogen-bond donors (Lipinski definition) is 0. The van der Waals surface area contributed by atoms with E-state index in [-0.39, 0.29) is 0 Å². The van der Waals surface area contributed by atoms with E-state index in [9.17, 15) is 19.2 Å². The summed E-state index contributed by atoms with van der Waals surface area (Å²) in [6.07, 6.45) is -1.30. The summed E-state index contributed by atoms with van der Waals surface area (Å²) in [6.45, 7) is 1.03. The Morgan fingerprint density at radius 1 is 0.842 bits per heavy atom. The fraction of sp³-hybridized carbons (Fsp3) is 0.636. The van der Waals surface area contributed by atoms with Crippen LogP contribution < -0.4 is 0 Å². The number of hydrogen-bond acceptors (Lipinski definition) is 8. The topological polar surface area (TPSA) is 105 Å². The van der Waals surface area contributed by atoms with E-state index in [0.717, 1.165) is 28.3 Å². The molecule has 0 aliphatic heterocycles. The first-order chi connectivity index (χ1) is 8.81. The van der Waals surface area contributed by atoms with Gasteiger partial charge >= 0.3 is 23.9 Å². The minimum atomic E-state index is -2.08. The maximum Gasteiger partial charge on any atom is 0.351 e. The van der Waals surface area contributed by atoms with E-state index < -0.39 is 42.3 Å². The lowest BCUT2D eigenvalue weighted by atomic mass is 9.95. The molecule has 8 nitrogen and oxygen atoms in total. The van der Waals surface area contributed by atoms with Crippen LogP contribution in [0.1, 0.15) is 19.8 Å². The summed E-state index contributed by atoms with van der Waals surface area (Å²) in [5.41, 5.74) is -2.08. The van der Waals surface area contributed by atoms with Crippen LogP contribution in [0.25, 0.3) is 0 Å². The molecule has 0 rings (SSSR count). The zero-order valence-corrected chi connectivity index (χ0v) is 11.2. The molecule has 19 heavy (non-hydrogen) atoms. The molecule has 0 fully saturated rings. The van der Waals surface area contributed by atoms with Gasteiger partial charge in [0, 0.05) is 6.92 Å². The molecule has 0 unspecified atom stereocenters. The number of rotatable bonds is 6. The molecule has 0 amide bonds. The molecule has 0 saturated carbocycles. The third-order valence-electron chi connectivity index (χ3n) is 2.21. The molecule has 0 atom stereocenters. The average molecular weight is 276 g/mol. The second kappa shape index (κ2) is 7.34. The SMILES string of the molecule is COC(=O)CC(CC(=O)OC)(OC(C)=O)C(=O)OC. The summed E-state index contributed by atoms with van der Waals surface area (Å²) in [4.78, 5) is 45.5. The first-order valence-electron chi connectivity index (χ1n) is 5.23. The van der Waals surface area contributed by atoms with Gasteiger partial charge in [-0.1, -0.05) is 0 Å². The van der Waals surface area contributed by atoms with Crippen LogP contribution in [-0.2, 0) is 38.1 Å². The Labute approximate surface area is 109 Å². The Balaban J connectivity index is 5.42. The Morgan fingerprint density at radius 2 is 1.26 bits per heavy atom. The van der Waals surface area contributed by atoms with Gasteiger partial charge < -0.3 is 18.9 Å². The molecule has 0 bridgehead atoms. The summed E-state index contributed by atoms with van der Waals surface area (Å²) < 4.78 is 18.1. The predicted octanol–water partition coefficient (Wildman–Crippen LogP) is -0.412. The van der Waals surface area contributed by atoms with Crippen LogP contribution in [0.2, 0.25) is 0 Å². The smallest absolute Gasteiger partial charge is 0.351 e. The molecule has 8 heteroatoms. The maximum absolute atomic E-state index is 11.8. The van der Waals surface area contributed by atoms with Crippen molar-refractivity contribution in [3.8, 4) is 0 Å². The van der Waals surface area contributed by atoms with E-state index in [1.165, 1.54) is 0 Å². The number of esters is 4. The van der Waals surface area contributed by atoms with Crippen LogP contribution in [0.15, 0.2) is 0 Å². The van der Waals surface area contributed by atoms with Crippen molar-refractivity contribution in [2.75, 3.05) is 21.3 Å². The molecule has 0 N–H and O–H groups in total. The largest absolute Gasteiger partial charge is 0.469 e. The van der Waals surface area contributed by atoms with Crippen molar-refractivity contribution < 1.29 is 38.1 Å². The molecule has 0 radical (unpaired) electrons. The number of carbonyl (C=O) groups excluding carboxylic acids is 4. The molecular weight excluding hydrogens is 260 g/mol. The Hall–Kier alpha value is -2.12. The molecule has 0 saturated heterocycles. The lowest BCUT2D eigenvalue weighted by Gasteiger charge is -2.28. The fourth-order valence-corrected chi connectivity index (χ4v) is 1.39. The maximum atomic E-state index is 11.8. The van der Waals surface area contributed by atoms with Gasteiger partial charge in [-0.2, -0.15) is 0 Å². The van der Waals surface area contributed by atoms with Crippen LogP contribution in [0, 0.1) is 0 Å². The summed E-state index contributed by atoms with van der Waals surface area (Å²) in [5, 5.41) is 0. The molecule has 0 aliphatic rings. The van der Waals surface area contributed by atoms with Gasteiger partial charge in [0.1, 0.15) is 0 Å². The minimum absolute atomic E-state index is 0.648. The summed E-state index contributed by atoms with van der Waals surface area (Å²) in [7, 11) is 3.22. The third-order valence-corrected chi connectivity index (χ3v) is 2.21. The van der Waals surface area contributed by atoms with E-state index in [0.29, 0.717) is 0 Å². The zero-order chi connectivity index (χ0) is 15.1. The highest BCUT2D eigenvalue weighted by atomic mass is 16.6. The standard InChI is InChI=1S/C11H16O8/c1-7(12)19-11(10(15)18-4,5-8(13)16-2)6-9(14)17-3/h5-6H2,1-4H3. The molecule has 0 aromatic rings. The lowest BCUT2D eigenvalue weighted by molar-refractivity contribution is -0.187. The Morgan fingerprint density at radius 3 is 1.53 bits per heavy atom. The van der Waals surface area contributed by atoms with Gasteiger partial charge in [-0.05, 0) is 0 Å². The van der Waals surface area contributed by atoms with Crippen molar-refractivity contribution in [1.82, 2.24) is 0 Å². The van der Waals surface area contributed by atoms with Gasteiger partial charge in [-0.15, -0.1) is 0 Å². The summed E-state index contributed by atoms with van der Waals surface area (Å²) in [6, 6.07) is 0. The monoisotopic (exact) mass is 276 g/mol. The van der Waals surface area contributed by atoms with Crippen molar-refractivity contribution in [2.24, 2.45) is 0 Å². The average Bonchev–Trinajstić information content (AvgIpc) is 2.36. The van der Waals surface area contributed by atoms with Crippen LogP contribution in [0.3, 0.4) is 0 Å². The molecule has 0 aromatic carbocycles. The van der Waals surface area contributed by atoms with Gasteiger partial charge in [0.2, 0.25) is 5.60 Å². The summed E-state index contributed by atoms with van der Waals surface area (Å²) in [5.74, 6) is -3.57. The van der Waals surface area contributed by atoms with Crippen molar-refractivity contribution >= 4 is 23.9 Å². The molecule has 108 valence electrons. The highest BCUT2D eigenvalue weighted by Crippen LogP contribution is 2.24. The molecule has 0 aromatic heterocycles. The number of ether oxygens (including phenoxy) is 4. The van der Waals surface area contributed by atoms with Gasteiger partial charge in [-0.25, -0.2) is 4.79 Å². The second-order valence-electron chi connectivity index (χ2n) is 3.59. The van der Waals surface area contributed by atoms with Crippen LogP contribution >= 0.6 is 0 Å². The molecule has 0 spiro atoms. The highest BCUT2D eigenvalue weighted by Gasteiger charge is 2.48. The van der Waals surface area contributed by atoms with Crippen LogP contribution in [-0.4, -0.2) is 50.8 Å². The van der Waals surface area contributed by atoms with Crippen molar-refractivity contribution in [1.29, 1.82) is 0 Å². The van der Waals surface area contributed by atoms with Crippen LogP contribution in [0.4, 0.5) is 0 Å². The number of methoxy groups -OCH3 is 3. The Kier molecular flexibility index (Phi) is 6.53. The van der Waals surface area contributed by atoms with Gasteiger partial charge in [0.15, 0.2) is 0 Å². The van der Waals surface area contributed by atoms with Gasteiger partial charge in [-0.3, -0.25) is 14.4 Å². The Bertz CT molecular complexity index is 355. The van der Waals surface area contributed by atoms with Gasteiger partial charge in [0.25, 0.3) is 0 Å². The van der Waals surface area contributed by atoms with E-state index >= 15 is 0 Å². The van der Waals surface area contributed by atoms with E-state index in [2.05, 4.69) is 14.2 Å². The van der Waals surface area contributed by atoms with Crippen molar-refractivity contribution in [2.45, 2.75) is 25.4 Å². The second-order valence-corrected chi connectivity index (χ2v) is 3.59. The fourth-order valence-electron chi connectivity index (χ4n) is 1.39. The van der Waals surface area contributed by atoms with Gasteiger partial charge in [0.05, 0.1) is 34.2 Å². The van der Waals surface area contributed by atoms with E-state index in [1.807, 2.05) is 0 Å². The third kappa shape index (κ3) is 4.94. The normalized spacial score (nSPS) is 10.3. The molecular formula is C11H16O8. The van der Waals surface area contributed by atoms with E-state index in [4.69, 9.17) is 4.74 Å². The molecule has 0 aliphatic carbocycles. The highest BCUT2D eigenvalue weighted by molar-refractivity contribution is 5.92. The first kappa shape index (κ1) is 16.9. The quantitative estimate of drug-likeness (QED) is 0.476. The van der Waals surface area contributed by atoms with Crippen molar-refractivity contribution in [3.05, 3.63) is 0 Å². The van der Waals surface area contributed by atoms with E-state index in [1.54, 1.807) is 0 Å². The first-order valence-corrected chi connectivity index (χ1v) is 5.23. The predicted molar refractivity (Wildman–Crippen MR) is 59.8 cm³/mol. The summed E-state index contributed by atoms with van der Waals surface area (Å²) >= 11 is 0. The lowest BCUT2D eigenvalue weighted by Crippen LogP contribution is -2.47. The minimum Gasteiger partial charge on any atom is -0.469 e. The zero-order valence-electron chi connectivity index (χ0n) is 11.2.